The van der Waals surface area contributed by atoms with E-state index in [-0.39, 0.29) is 5.82 Å². The predicted octanol–water partition coefficient (Wildman–Crippen LogP) is 2.46. The number of hydrogen-bond donors (Lipinski definition) is 1. The van der Waals surface area contributed by atoms with E-state index in [1.54, 1.807) is 0 Å². The molecule has 0 aromatic carbocycles. The predicted molar refractivity (Wildman–Crippen MR) is 57.0 cm³/mol. The van der Waals surface area contributed by atoms with Crippen molar-refractivity contribution in [1.82, 2.24) is 9.97 Å². The maximum Gasteiger partial charge on any atom is 0.255 e. The third kappa shape index (κ3) is 2.64. The van der Waals surface area contributed by atoms with Gasteiger partial charge < -0.3 is 5.32 Å². The minimum atomic E-state index is -0.507. The van der Waals surface area contributed by atoms with E-state index in [0.29, 0.717) is 17.9 Å². The van der Waals surface area contributed by atoms with Crippen molar-refractivity contribution in [2.24, 2.45) is 11.8 Å². The summed E-state index contributed by atoms with van der Waals surface area (Å²) in [4.78, 5) is 7.48. The molecule has 1 aromatic heterocycles. The van der Waals surface area contributed by atoms with Crippen molar-refractivity contribution in [3.05, 3.63) is 18.3 Å². The number of anilines is 1. The normalized spacial score (nSPS) is 24.3. The zero-order valence-corrected chi connectivity index (χ0v) is 9.07. The van der Waals surface area contributed by atoms with E-state index < -0.39 is 5.95 Å². The Bertz CT molecular complexity index is 340. The highest BCUT2D eigenvalue weighted by Crippen LogP contribution is 2.38. The van der Waals surface area contributed by atoms with Crippen LogP contribution in [0.25, 0.3) is 0 Å². The lowest BCUT2D eigenvalue weighted by atomic mass is 10.1. The fourth-order valence-corrected chi connectivity index (χ4v) is 1.88. The van der Waals surface area contributed by atoms with E-state index in [9.17, 15) is 4.39 Å². The number of rotatable bonds is 4. The molecule has 2 atom stereocenters. The number of aromatic nitrogens is 2. The molecular formula is C11H16FN3. The molecule has 0 saturated heterocycles. The Morgan fingerprint density at radius 1 is 1.47 bits per heavy atom. The molecule has 1 aliphatic rings. The highest BCUT2D eigenvalue weighted by molar-refractivity contribution is 5.35. The summed E-state index contributed by atoms with van der Waals surface area (Å²) in [6.45, 7) is 4.41. The monoisotopic (exact) mass is 209 g/mol. The van der Waals surface area contributed by atoms with Crippen molar-refractivity contribution in [2.75, 3.05) is 5.32 Å². The molecule has 0 bridgehead atoms. The SMILES string of the molecule is CC(C)CC1CC1Nc1nccnc1F. The number of halogens is 1. The summed E-state index contributed by atoms with van der Waals surface area (Å²) < 4.78 is 13.1. The Morgan fingerprint density at radius 2 is 2.20 bits per heavy atom. The fourth-order valence-electron chi connectivity index (χ4n) is 1.88. The van der Waals surface area contributed by atoms with Crippen molar-refractivity contribution in [3.63, 3.8) is 0 Å². The molecule has 0 radical (unpaired) electrons. The van der Waals surface area contributed by atoms with Crippen LogP contribution in [0.2, 0.25) is 0 Å². The smallest absolute Gasteiger partial charge is 0.255 e. The summed E-state index contributed by atoms with van der Waals surface area (Å²) >= 11 is 0. The summed E-state index contributed by atoms with van der Waals surface area (Å²) in [7, 11) is 0. The summed E-state index contributed by atoms with van der Waals surface area (Å²) in [6.07, 6.45) is 5.18. The van der Waals surface area contributed by atoms with Crippen LogP contribution in [-0.2, 0) is 0 Å². The molecule has 0 spiro atoms. The molecule has 1 saturated carbocycles. The van der Waals surface area contributed by atoms with Crippen LogP contribution in [0.3, 0.4) is 0 Å². The first-order chi connectivity index (χ1) is 7.16. The second-order valence-corrected chi connectivity index (χ2v) is 4.57. The standard InChI is InChI=1S/C11H16FN3/c1-7(2)5-8-6-9(8)15-11-10(12)13-3-4-14-11/h3-4,7-9H,5-6H2,1-2H3,(H,14,15). The molecule has 2 unspecified atom stereocenters. The van der Waals surface area contributed by atoms with Crippen molar-refractivity contribution in [1.29, 1.82) is 0 Å². The second-order valence-electron chi connectivity index (χ2n) is 4.57. The Labute approximate surface area is 89.1 Å². The summed E-state index contributed by atoms with van der Waals surface area (Å²) in [5.74, 6) is 1.15. The van der Waals surface area contributed by atoms with Gasteiger partial charge in [-0.25, -0.2) is 9.97 Å². The van der Waals surface area contributed by atoms with Gasteiger partial charge in [-0.2, -0.15) is 4.39 Å². The molecule has 0 aliphatic heterocycles. The lowest BCUT2D eigenvalue weighted by molar-refractivity contribution is 0.533. The van der Waals surface area contributed by atoms with Gasteiger partial charge in [-0.15, -0.1) is 0 Å². The van der Waals surface area contributed by atoms with Gasteiger partial charge in [0.1, 0.15) is 0 Å². The second kappa shape index (κ2) is 4.13. The zero-order chi connectivity index (χ0) is 10.8. The quantitative estimate of drug-likeness (QED) is 0.827. The Hall–Kier alpha value is -1.19. The van der Waals surface area contributed by atoms with Crippen molar-refractivity contribution in [3.8, 4) is 0 Å². The van der Waals surface area contributed by atoms with Crippen LogP contribution in [0.1, 0.15) is 26.7 Å². The highest BCUT2D eigenvalue weighted by Gasteiger charge is 2.37. The van der Waals surface area contributed by atoms with Crippen LogP contribution in [0.5, 0.6) is 0 Å². The third-order valence-corrected chi connectivity index (χ3v) is 2.67. The largest absolute Gasteiger partial charge is 0.363 e. The van der Waals surface area contributed by atoms with Gasteiger partial charge in [0.2, 0.25) is 0 Å². The van der Waals surface area contributed by atoms with E-state index in [4.69, 9.17) is 0 Å². The van der Waals surface area contributed by atoms with E-state index >= 15 is 0 Å². The Morgan fingerprint density at radius 3 is 2.87 bits per heavy atom. The van der Waals surface area contributed by atoms with Crippen LogP contribution < -0.4 is 5.32 Å². The summed E-state index contributed by atoms with van der Waals surface area (Å²) in [6, 6.07) is 0.388. The zero-order valence-electron chi connectivity index (χ0n) is 9.07. The van der Waals surface area contributed by atoms with Crippen LogP contribution in [0.4, 0.5) is 10.2 Å². The van der Waals surface area contributed by atoms with Gasteiger partial charge in [0.25, 0.3) is 5.95 Å². The van der Waals surface area contributed by atoms with Gasteiger partial charge in [0, 0.05) is 18.4 Å². The van der Waals surface area contributed by atoms with Crippen LogP contribution in [0.15, 0.2) is 12.4 Å². The number of hydrogen-bond acceptors (Lipinski definition) is 3. The molecule has 1 aromatic rings. The average Bonchev–Trinajstić information content (AvgIpc) is 2.87. The molecule has 1 aliphatic carbocycles. The third-order valence-electron chi connectivity index (χ3n) is 2.67. The van der Waals surface area contributed by atoms with Crippen molar-refractivity contribution >= 4 is 5.82 Å². The minimum Gasteiger partial charge on any atom is -0.363 e. The first kappa shape index (κ1) is 10.3. The molecule has 4 heteroatoms. The molecule has 15 heavy (non-hydrogen) atoms. The fraction of sp³-hybridized carbons (Fsp3) is 0.636. The molecule has 0 amide bonds. The number of nitrogens with one attached hydrogen (secondary N) is 1. The molecule has 2 rings (SSSR count). The Kier molecular flexibility index (Phi) is 2.84. The van der Waals surface area contributed by atoms with E-state index in [1.165, 1.54) is 18.8 Å². The summed E-state index contributed by atoms with van der Waals surface area (Å²) in [5.41, 5.74) is 0. The van der Waals surface area contributed by atoms with E-state index in [1.807, 2.05) is 0 Å². The maximum atomic E-state index is 13.1. The molecule has 1 N–H and O–H groups in total. The lowest BCUT2D eigenvalue weighted by Gasteiger charge is -2.06. The van der Waals surface area contributed by atoms with Crippen LogP contribution in [0, 0.1) is 17.8 Å². The molecule has 3 nitrogen and oxygen atoms in total. The molecule has 1 fully saturated rings. The molecule has 1 heterocycles. The maximum absolute atomic E-state index is 13.1. The first-order valence-electron chi connectivity index (χ1n) is 5.40. The van der Waals surface area contributed by atoms with Crippen LogP contribution >= 0.6 is 0 Å². The minimum absolute atomic E-state index is 0.286. The van der Waals surface area contributed by atoms with Gasteiger partial charge in [-0.05, 0) is 24.7 Å². The van der Waals surface area contributed by atoms with Gasteiger partial charge in [-0.3, -0.25) is 0 Å². The molecular weight excluding hydrogens is 193 g/mol. The number of nitrogens with zero attached hydrogens (tertiary/aromatic N) is 2. The van der Waals surface area contributed by atoms with Crippen molar-refractivity contribution < 1.29 is 4.39 Å². The summed E-state index contributed by atoms with van der Waals surface area (Å²) in [5, 5.41) is 3.09. The van der Waals surface area contributed by atoms with Gasteiger partial charge in [-0.1, -0.05) is 13.8 Å². The molecule has 82 valence electrons. The van der Waals surface area contributed by atoms with Gasteiger partial charge >= 0.3 is 0 Å². The van der Waals surface area contributed by atoms with Crippen LogP contribution in [-0.4, -0.2) is 16.0 Å². The Balaban J connectivity index is 1.87. The first-order valence-corrected chi connectivity index (χ1v) is 5.40. The van der Waals surface area contributed by atoms with Gasteiger partial charge in [0.05, 0.1) is 0 Å². The van der Waals surface area contributed by atoms with E-state index in [0.717, 1.165) is 6.42 Å². The van der Waals surface area contributed by atoms with E-state index in [2.05, 4.69) is 29.1 Å². The average molecular weight is 209 g/mol. The topological polar surface area (TPSA) is 37.8 Å². The lowest BCUT2D eigenvalue weighted by Crippen LogP contribution is -2.09. The highest BCUT2D eigenvalue weighted by atomic mass is 19.1. The van der Waals surface area contributed by atoms with Gasteiger partial charge in [0.15, 0.2) is 5.82 Å². The van der Waals surface area contributed by atoms with Crippen molar-refractivity contribution in [2.45, 2.75) is 32.7 Å².